The first-order valence-corrected chi connectivity index (χ1v) is 12.5. The molecule has 0 aromatic carbocycles. The van der Waals surface area contributed by atoms with Crippen molar-refractivity contribution in [2.75, 3.05) is 27.9 Å². The standard InChI is InChI=1S/C22H34NO15P/c1-11(24)23-18-16(34-13(3)26)9-22(21(29)30-6,38-39(31-7)32-8)37-20(18)19(36-15(5)28)17(35-14(4)27)10-33-12(2)25/h16-20H,9-10H2,1-8H3,(H,23,24)/t16-,17+,18+,19+,20+,22+/m0/s1. The van der Waals surface area contributed by atoms with Crippen molar-refractivity contribution in [2.45, 2.75) is 77.3 Å². The van der Waals surface area contributed by atoms with E-state index >= 15 is 0 Å². The molecule has 1 amide bonds. The molecule has 1 N–H and O–H groups in total. The van der Waals surface area contributed by atoms with Crippen LogP contribution in [0.2, 0.25) is 0 Å². The lowest BCUT2D eigenvalue weighted by Crippen LogP contribution is -2.69. The molecule has 0 unspecified atom stereocenters. The molecule has 6 atom stereocenters. The van der Waals surface area contributed by atoms with Crippen molar-refractivity contribution >= 4 is 44.4 Å². The van der Waals surface area contributed by atoms with Crippen LogP contribution in [0.1, 0.15) is 41.0 Å². The van der Waals surface area contributed by atoms with Gasteiger partial charge in [-0.1, -0.05) is 0 Å². The molecular weight excluding hydrogens is 549 g/mol. The molecule has 1 rings (SSSR count). The highest BCUT2D eigenvalue weighted by Gasteiger charge is 2.60. The fourth-order valence-corrected chi connectivity index (χ4v) is 4.49. The molecule has 1 heterocycles. The van der Waals surface area contributed by atoms with E-state index in [2.05, 4.69) is 5.32 Å². The Hall–Kier alpha value is -2.91. The minimum atomic E-state index is -2.41. The van der Waals surface area contributed by atoms with Gasteiger partial charge in [0, 0.05) is 48.8 Å². The van der Waals surface area contributed by atoms with Crippen LogP contribution in [0.15, 0.2) is 0 Å². The predicted octanol–water partition coefficient (Wildman–Crippen LogP) is 0.0438. The van der Waals surface area contributed by atoms with E-state index in [1.54, 1.807) is 0 Å². The zero-order chi connectivity index (χ0) is 29.9. The number of carbonyl (C=O) groups is 6. The van der Waals surface area contributed by atoms with E-state index in [-0.39, 0.29) is 0 Å². The number of nitrogens with one attached hydrogen (secondary N) is 1. The SMILES string of the molecule is COC(=O)[C@]1(OP(OC)OC)C[C@H](OC(C)=O)[C@@H](NC(C)=O)[C@H]([C@H](OC(C)=O)[C@@H](COC(C)=O)OC(C)=O)O1. The molecule has 1 saturated heterocycles. The van der Waals surface area contributed by atoms with E-state index in [4.69, 9.17) is 42.0 Å². The van der Waals surface area contributed by atoms with Crippen LogP contribution in [0, 0.1) is 0 Å². The van der Waals surface area contributed by atoms with Gasteiger partial charge in [0.1, 0.15) is 18.8 Å². The number of amides is 1. The maximum Gasteiger partial charge on any atom is 0.367 e. The minimum Gasteiger partial charge on any atom is -0.465 e. The van der Waals surface area contributed by atoms with Crippen LogP contribution in [-0.2, 0) is 70.8 Å². The Kier molecular flexibility index (Phi) is 13.7. The van der Waals surface area contributed by atoms with Gasteiger partial charge in [0.25, 0.3) is 5.79 Å². The Morgan fingerprint density at radius 3 is 1.92 bits per heavy atom. The molecule has 0 radical (unpaired) electrons. The van der Waals surface area contributed by atoms with Crippen molar-refractivity contribution in [1.82, 2.24) is 5.32 Å². The summed E-state index contributed by atoms with van der Waals surface area (Å²) in [6, 6.07) is -1.32. The summed E-state index contributed by atoms with van der Waals surface area (Å²) in [5.74, 6) is -7.49. The van der Waals surface area contributed by atoms with E-state index in [1.165, 1.54) is 14.2 Å². The van der Waals surface area contributed by atoms with E-state index < -0.39 is 93.6 Å². The molecule has 0 aromatic rings. The van der Waals surface area contributed by atoms with Crippen LogP contribution >= 0.6 is 8.60 Å². The van der Waals surface area contributed by atoms with Gasteiger partial charge < -0.3 is 42.8 Å². The van der Waals surface area contributed by atoms with Crippen LogP contribution < -0.4 is 5.32 Å². The van der Waals surface area contributed by atoms with Gasteiger partial charge >= 0.3 is 38.4 Å². The first-order valence-electron chi connectivity index (χ1n) is 11.4. The van der Waals surface area contributed by atoms with Crippen LogP contribution in [0.25, 0.3) is 0 Å². The number of hydrogen-bond acceptors (Lipinski definition) is 15. The third kappa shape index (κ3) is 10.3. The number of ether oxygens (including phenoxy) is 6. The lowest BCUT2D eigenvalue weighted by Gasteiger charge is -2.48. The first kappa shape index (κ1) is 34.1. The maximum atomic E-state index is 13.1. The van der Waals surface area contributed by atoms with Gasteiger partial charge in [0.2, 0.25) is 5.91 Å². The smallest absolute Gasteiger partial charge is 0.367 e. The van der Waals surface area contributed by atoms with Crippen LogP contribution in [-0.4, -0.2) is 99.9 Å². The highest BCUT2D eigenvalue weighted by Crippen LogP contribution is 2.48. The van der Waals surface area contributed by atoms with E-state index in [9.17, 15) is 28.8 Å². The fourth-order valence-electron chi connectivity index (χ4n) is 3.76. The highest BCUT2D eigenvalue weighted by atomic mass is 31.2. The Labute approximate surface area is 226 Å². The van der Waals surface area contributed by atoms with Gasteiger partial charge in [-0.05, 0) is 0 Å². The van der Waals surface area contributed by atoms with Crippen molar-refractivity contribution < 1.29 is 70.8 Å². The zero-order valence-corrected chi connectivity index (χ0v) is 23.8. The average Bonchev–Trinajstić information content (AvgIpc) is 2.83. The van der Waals surface area contributed by atoms with Crippen LogP contribution in [0.3, 0.4) is 0 Å². The van der Waals surface area contributed by atoms with E-state index in [0.29, 0.717) is 0 Å². The maximum absolute atomic E-state index is 13.1. The minimum absolute atomic E-state index is 0.540. The fraction of sp³-hybridized carbons (Fsp3) is 0.727. The van der Waals surface area contributed by atoms with Gasteiger partial charge in [0.05, 0.1) is 19.6 Å². The molecule has 1 fully saturated rings. The molecule has 0 saturated carbocycles. The Morgan fingerprint density at radius 2 is 1.49 bits per heavy atom. The number of methoxy groups -OCH3 is 1. The molecule has 0 spiro atoms. The quantitative estimate of drug-likeness (QED) is 0.173. The highest BCUT2D eigenvalue weighted by molar-refractivity contribution is 7.41. The van der Waals surface area contributed by atoms with Gasteiger partial charge in [0.15, 0.2) is 12.2 Å². The van der Waals surface area contributed by atoms with Crippen molar-refractivity contribution in [3.63, 3.8) is 0 Å². The second-order valence-electron chi connectivity index (χ2n) is 8.11. The van der Waals surface area contributed by atoms with E-state index in [1.807, 2.05) is 0 Å². The topological polar surface area (TPSA) is 198 Å². The second-order valence-corrected chi connectivity index (χ2v) is 9.47. The summed E-state index contributed by atoms with van der Waals surface area (Å²) in [4.78, 5) is 73.0. The van der Waals surface area contributed by atoms with Crippen molar-refractivity contribution in [1.29, 1.82) is 0 Å². The summed E-state index contributed by atoms with van der Waals surface area (Å²) in [6.45, 7) is 4.79. The van der Waals surface area contributed by atoms with Crippen LogP contribution in [0.4, 0.5) is 0 Å². The predicted molar refractivity (Wildman–Crippen MR) is 127 cm³/mol. The molecular formula is C22H34NO15P. The van der Waals surface area contributed by atoms with Gasteiger partial charge in [-0.3, -0.25) is 28.5 Å². The number of hydrogen-bond donors (Lipinski definition) is 1. The van der Waals surface area contributed by atoms with Crippen molar-refractivity contribution in [3.8, 4) is 0 Å². The molecule has 222 valence electrons. The monoisotopic (exact) mass is 583 g/mol. The lowest BCUT2D eigenvalue weighted by molar-refractivity contribution is -0.291. The second kappa shape index (κ2) is 15.6. The van der Waals surface area contributed by atoms with Crippen molar-refractivity contribution in [3.05, 3.63) is 0 Å². The number of carbonyl (C=O) groups excluding carboxylic acids is 6. The van der Waals surface area contributed by atoms with E-state index in [0.717, 1.165) is 41.7 Å². The summed E-state index contributed by atoms with van der Waals surface area (Å²) < 4.78 is 48.0. The Morgan fingerprint density at radius 1 is 0.897 bits per heavy atom. The van der Waals surface area contributed by atoms with Gasteiger partial charge in [-0.2, -0.15) is 0 Å². The summed E-state index contributed by atoms with van der Waals surface area (Å²) in [5.41, 5.74) is 0. The molecule has 17 heteroatoms. The van der Waals surface area contributed by atoms with Gasteiger partial charge in [-0.25, -0.2) is 4.79 Å². The molecule has 0 bridgehead atoms. The summed E-state index contributed by atoms with van der Waals surface area (Å²) in [5, 5.41) is 2.54. The summed E-state index contributed by atoms with van der Waals surface area (Å²) in [6.07, 6.45) is -6.72. The van der Waals surface area contributed by atoms with Crippen molar-refractivity contribution in [2.24, 2.45) is 0 Å². The molecule has 39 heavy (non-hydrogen) atoms. The number of rotatable bonds is 13. The first-order chi connectivity index (χ1) is 18.2. The molecule has 1 aliphatic heterocycles. The third-order valence-corrected chi connectivity index (χ3v) is 6.06. The Bertz CT molecular complexity index is 910. The third-order valence-electron chi connectivity index (χ3n) is 5.02. The van der Waals surface area contributed by atoms with Crippen LogP contribution in [0.5, 0.6) is 0 Å². The lowest BCUT2D eigenvalue weighted by atomic mass is 9.88. The number of esters is 5. The molecule has 0 aliphatic carbocycles. The average molecular weight is 583 g/mol. The summed E-state index contributed by atoms with van der Waals surface area (Å²) in [7, 11) is 1.22. The summed E-state index contributed by atoms with van der Waals surface area (Å²) >= 11 is 0. The Balaban J connectivity index is 3.87. The normalized spacial score (nSPS) is 24.1. The zero-order valence-electron chi connectivity index (χ0n) is 22.9. The largest absolute Gasteiger partial charge is 0.465 e. The van der Waals surface area contributed by atoms with Gasteiger partial charge in [-0.15, -0.1) is 0 Å². The molecule has 0 aromatic heterocycles. The molecule has 1 aliphatic rings. The molecule has 16 nitrogen and oxygen atoms in total.